The van der Waals surface area contributed by atoms with Crippen LogP contribution in [0, 0.1) is 19.7 Å². The van der Waals surface area contributed by atoms with E-state index in [1.807, 2.05) is 29.7 Å². The van der Waals surface area contributed by atoms with E-state index in [0.29, 0.717) is 17.8 Å². The second-order valence-corrected chi connectivity index (χ2v) is 9.30. The first-order chi connectivity index (χ1) is 16.8. The number of aryl methyl sites for hydroxylation is 2. The highest BCUT2D eigenvalue weighted by Crippen LogP contribution is 2.27. The summed E-state index contributed by atoms with van der Waals surface area (Å²) in [4.78, 5) is 28.0. The number of rotatable bonds is 14. The molecule has 0 aliphatic heterocycles. The van der Waals surface area contributed by atoms with Gasteiger partial charge < -0.3 is 14.8 Å². The number of carboxylic acid groups (broad SMARTS) is 1. The highest BCUT2D eigenvalue weighted by atomic mass is 19.1. The van der Waals surface area contributed by atoms with Gasteiger partial charge in [0.15, 0.2) is 0 Å². The number of pyridine rings is 1. The highest BCUT2D eigenvalue weighted by Gasteiger charge is 2.18. The van der Waals surface area contributed by atoms with Gasteiger partial charge in [0.2, 0.25) is 5.91 Å². The summed E-state index contributed by atoms with van der Waals surface area (Å²) in [5.41, 5.74) is 4.69. The molecule has 0 saturated heterocycles. The summed E-state index contributed by atoms with van der Waals surface area (Å²) in [5, 5.41) is 11.7. The van der Waals surface area contributed by atoms with E-state index in [1.165, 1.54) is 6.07 Å². The molecular weight excluding hydrogens is 445 g/mol. The lowest BCUT2D eigenvalue weighted by Crippen LogP contribution is -2.26. The number of aromatic nitrogens is 2. The normalized spacial score (nSPS) is 11.2. The van der Waals surface area contributed by atoms with Crippen LogP contribution >= 0.6 is 0 Å². The third-order valence-corrected chi connectivity index (χ3v) is 6.26. The van der Waals surface area contributed by atoms with Crippen molar-refractivity contribution in [3.8, 4) is 11.3 Å². The molecule has 0 aliphatic rings. The molecule has 188 valence electrons. The van der Waals surface area contributed by atoms with Crippen LogP contribution in [0.1, 0.15) is 74.6 Å². The van der Waals surface area contributed by atoms with Crippen LogP contribution in [0.4, 0.5) is 4.39 Å². The van der Waals surface area contributed by atoms with E-state index in [9.17, 15) is 14.0 Å². The Bertz CT molecular complexity index is 1160. The molecule has 3 aromatic rings. The maximum absolute atomic E-state index is 13.8. The molecule has 7 heteroatoms. The van der Waals surface area contributed by atoms with Crippen LogP contribution in [0.2, 0.25) is 0 Å². The fourth-order valence-electron chi connectivity index (χ4n) is 4.30. The molecule has 35 heavy (non-hydrogen) atoms. The SMILES string of the molecule is Cc1ccc2nc(-c3ccc(F)c(C)c3)c(CC(=O)NCCCCCCCCCCC(=O)O)n2c1. The summed E-state index contributed by atoms with van der Waals surface area (Å²) in [5.74, 6) is -1.02. The van der Waals surface area contributed by atoms with Gasteiger partial charge >= 0.3 is 5.97 Å². The van der Waals surface area contributed by atoms with Crippen molar-refractivity contribution in [3.05, 3.63) is 59.2 Å². The predicted molar refractivity (Wildman–Crippen MR) is 136 cm³/mol. The van der Waals surface area contributed by atoms with Crippen molar-refractivity contribution in [3.63, 3.8) is 0 Å². The van der Waals surface area contributed by atoms with E-state index in [0.717, 1.165) is 73.8 Å². The van der Waals surface area contributed by atoms with Crippen LogP contribution in [-0.2, 0) is 16.0 Å². The number of fused-ring (bicyclic) bond motifs is 1. The third-order valence-electron chi connectivity index (χ3n) is 6.26. The molecule has 0 fully saturated rings. The first-order valence-corrected chi connectivity index (χ1v) is 12.6. The monoisotopic (exact) mass is 481 g/mol. The number of aliphatic carboxylic acids is 1. The van der Waals surface area contributed by atoms with Crippen LogP contribution < -0.4 is 5.32 Å². The topological polar surface area (TPSA) is 83.7 Å². The van der Waals surface area contributed by atoms with Gasteiger partial charge in [-0.25, -0.2) is 9.37 Å². The summed E-state index contributed by atoms with van der Waals surface area (Å²) in [6, 6.07) is 8.85. The minimum absolute atomic E-state index is 0.0492. The van der Waals surface area contributed by atoms with Gasteiger partial charge in [-0.15, -0.1) is 0 Å². The number of halogens is 1. The second kappa shape index (κ2) is 13.0. The molecule has 6 nitrogen and oxygen atoms in total. The van der Waals surface area contributed by atoms with Gasteiger partial charge in [-0.3, -0.25) is 9.59 Å². The molecule has 0 saturated carbocycles. The zero-order valence-electron chi connectivity index (χ0n) is 20.8. The summed E-state index contributed by atoms with van der Waals surface area (Å²) in [7, 11) is 0. The van der Waals surface area contributed by atoms with Gasteiger partial charge in [-0.2, -0.15) is 0 Å². The summed E-state index contributed by atoms with van der Waals surface area (Å²) < 4.78 is 15.8. The maximum atomic E-state index is 13.8. The fraction of sp³-hybridized carbons (Fsp3) is 0.464. The van der Waals surface area contributed by atoms with Crippen LogP contribution in [-0.4, -0.2) is 32.9 Å². The lowest BCUT2D eigenvalue weighted by molar-refractivity contribution is -0.137. The average Bonchev–Trinajstić information content (AvgIpc) is 3.16. The zero-order chi connectivity index (χ0) is 25.2. The van der Waals surface area contributed by atoms with Gasteiger partial charge in [0.05, 0.1) is 17.8 Å². The maximum Gasteiger partial charge on any atom is 0.303 e. The first-order valence-electron chi connectivity index (χ1n) is 12.6. The van der Waals surface area contributed by atoms with E-state index in [-0.39, 0.29) is 24.6 Å². The number of benzene rings is 1. The van der Waals surface area contributed by atoms with Crippen molar-refractivity contribution in [2.75, 3.05) is 6.54 Å². The minimum Gasteiger partial charge on any atom is -0.481 e. The Morgan fingerprint density at radius 1 is 0.971 bits per heavy atom. The van der Waals surface area contributed by atoms with Crippen LogP contribution in [0.25, 0.3) is 16.9 Å². The molecule has 0 atom stereocenters. The highest BCUT2D eigenvalue weighted by molar-refractivity contribution is 5.81. The van der Waals surface area contributed by atoms with Gasteiger partial charge in [-0.05, 0) is 62.1 Å². The molecule has 0 unspecified atom stereocenters. The molecule has 2 N–H and O–H groups in total. The molecular formula is C28H36FN3O3. The van der Waals surface area contributed by atoms with Crippen molar-refractivity contribution >= 4 is 17.5 Å². The number of nitrogens with zero attached hydrogens (tertiary/aromatic N) is 2. The van der Waals surface area contributed by atoms with Crippen molar-refractivity contribution in [2.24, 2.45) is 0 Å². The van der Waals surface area contributed by atoms with Crippen LogP contribution in [0.5, 0.6) is 0 Å². The number of carboxylic acids is 1. The third kappa shape index (κ3) is 7.91. The molecule has 3 rings (SSSR count). The van der Waals surface area contributed by atoms with Gasteiger partial charge in [0.1, 0.15) is 11.5 Å². The molecule has 0 spiro atoms. The number of hydrogen-bond acceptors (Lipinski definition) is 3. The quantitative estimate of drug-likeness (QED) is 0.276. The number of hydrogen-bond donors (Lipinski definition) is 2. The Labute approximate surface area is 206 Å². The molecule has 2 aromatic heterocycles. The van der Waals surface area contributed by atoms with Gasteiger partial charge in [-0.1, -0.05) is 44.6 Å². The lowest BCUT2D eigenvalue weighted by atomic mass is 10.1. The molecule has 0 aliphatic carbocycles. The van der Waals surface area contributed by atoms with Gasteiger partial charge in [0.25, 0.3) is 0 Å². The Hall–Kier alpha value is -3.22. The first kappa shape index (κ1) is 26.4. The summed E-state index contributed by atoms with van der Waals surface area (Å²) in [6.07, 6.45) is 10.6. The second-order valence-electron chi connectivity index (χ2n) is 9.30. The number of carbonyl (C=O) groups is 2. The number of imidazole rings is 1. The van der Waals surface area contributed by atoms with E-state index < -0.39 is 5.97 Å². The Morgan fingerprint density at radius 2 is 1.66 bits per heavy atom. The standard InChI is InChI=1S/C28H36FN3O3/c1-20-12-15-25-31-28(22-13-14-23(29)21(2)17-22)24(32(25)19-20)18-26(33)30-16-10-8-6-4-3-5-7-9-11-27(34)35/h12-15,17,19H,3-11,16,18H2,1-2H3,(H,30,33)(H,34,35). The van der Waals surface area contributed by atoms with Crippen molar-refractivity contribution in [1.29, 1.82) is 0 Å². The number of unbranched alkanes of at least 4 members (excludes halogenated alkanes) is 7. The van der Waals surface area contributed by atoms with Crippen molar-refractivity contribution in [2.45, 2.75) is 78.1 Å². The van der Waals surface area contributed by atoms with Gasteiger partial charge in [0, 0.05) is 24.7 Å². The number of carbonyl (C=O) groups excluding carboxylic acids is 1. The van der Waals surface area contributed by atoms with Crippen LogP contribution in [0.15, 0.2) is 36.5 Å². The Morgan fingerprint density at radius 3 is 2.34 bits per heavy atom. The molecule has 2 heterocycles. The average molecular weight is 482 g/mol. The molecule has 0 bridgehead atoms. The summed E-state index contributed by atoms with van der Waals surface area (Å²) in [6.45, 7) is 4.36. The van der Waals surface area contributed by atoms with Crippen molar-refractivity contribution < 1.29 is 19.1 Å². The summed E-state index contributed by atoms with van der Waals surface area (Å²) >= 11 is 0. The fourth-order valence-corrected chi connectivity index (χ4v) is 4.30. The van der Waals surface area contributed by atoms with E-state index in [4.69, 9.17) is 10.1 Å². The molecule has 1 aromatic carbocycles. The molecule has 0 radical (unpaired) electrons. The smallest absolute Gasteiger partial charge is 0.303 e. The molecule has 1 amide bonds. The Kier molecular flexibility index (Phi) is 9.82. The van der Waals surface area contributed by atoms with Crippen molar-refractivity contribution in [1.82, 2.24) is 14.7 Å². The minimum atomic E-state index is -0.717. The van der Waals surface area contributed by atoms with Crippen LogP contribution in [0.3, 0.4) is 0 Å². The van der Waals surface area contributed by atoms with E-state index in [1.54, 1.807) is 19.1 Å². The number of amides is 1. The Balaban J connectivity index is 1.50. The van der Waals surface area contributed by atoms with E-state index >= 15 is 0 Å². The van der Waals surface area contributed by atoms with E-state index in [2.05, 4.69) is 5.32 Å². The zero-order valence-corrected chi connectivity index (χ0v) is 20.8. The predicted octanol–water partition coefficient (Wildman–Crippen LogP) is 6.01. The lowest BCUT2D eigenvalue weighted by Gasteiger charge is -2.09. The number of nitrogens with one attached hydrogen (secondary N) is 1. The largest absolute Gasteiger partial charge is 0.481 e.